The number of benzene rings is 9. The van der Waals surface area contributed by atoms with Crippen LogP contribution in [0.25, 0.3) is 32.3 Å². The Morgan fingerprint density at radius 1 is 0.295 bits per heavy atom. The molecule has 1 aliphatic carbocycles. The van der Waals surface area contributed by atoms with E-state index in [2.05, 4.69) is 224 Å². The van der Waals surface area contributed by atoms with E-state index in [-0.39, 0.29) is 235 Å². The van der Waals surface area contributed by atoms with E-state index in [9.17, 15) is 24.0 Å². The summed E-state index contributed by atoms with van der Waals surface area (Å²) >= 11 is 0. The molecule has 7 unspecified atom stereocenters. The van der Waals surface area contributed by atoms with E-state index < -0.39 is 29.7 Å². The van der Waals surface area contributed by atoms with Crippen molar-refractivity contribution in [2.75, 3.05) is 27.6 Å². The van der Waals surface area contributed by atoms with Crippen molar-refractivity contribution >= 4 is 70.2 Å². The first kappa shape index (κ1) is 176. The number of fused-ring (bicyclic) bond motifs is 4. The molecule has 0 aromatic heterocycles. The monoisotopic (exact) mass is 1960 g/mol. The third kappa shape index (κ3) is 51.7. The Morgan fingerprint density at radius 2 is 0.619 bits per heavy atom. The lowest BCUT2D eigenvalue weighted by molar-refractivity contribution is -0.160. The number of hydrogen-bond donors (Lipinski definition) is 0. The Bertz CT molecular complexity index is 4450. The summed E-state index contributed by atoms with van der Waals surface area (Å²) in [6.07, 6.45) is 18.7. The predicted molar refractivity (Wildman–Crippen MR) is 645 cm³/mol. The van der Waals surface area contributed by atoms with Gasteiger partial charge < -0.3 is 23.7 Å². The van der Waals surface area contributed by atoms with Crippen molar-refractivity contribution in [3.05, 3.63) is 251 Å². The number of esters is 5. The molecule has 10 nitrogen and oxygen atoms in total. The molecule has 7 atom stereocenters. The fourth-order valence-corrected chi connectivity index (χ4v) is 17.0. The molecular formula is C128H238O10Si. The lowest BCUT2D eigenvalue weighted by Gasteiger charge is -2.33. The summed E-state index contributed by atoms with van der Waals surface area (Å²) in [4.78, 5) is 64.0. The standard InChI is InChI=1S/C40H48O2.C36H42O4.C26H44O4Si.26CH4/c1-5-29(30-11-7-6-8-12-30)15-16-32(36-22-19-31-13-9-10-14-35(31)27-36)17-18-34(25-26-40(2,3)39(41)42-4)38-24-21-33-20-23-37(33)28-38;1-6-26(27-14-8-7-9-15-27)20-21-36(4,23-22-35(2,3)33(37)39-5)34(38)40-25-32-30-18-12-10-16-28(30)24-29-17-11-13-19-31(29)32;1-9-21(22-13-11-10-12-14-22)15-16-26(4,24(28)30-20-31(6,7)8)18-17-25(2,3)19-23(27)29-5;;;;;;;;;;;;;;;;;;;;;;;;;;/h6-14,19,21-22,24,27-29,32,34H,5,15-18,20,23,25-26H2,1-4H3;7-19,24,26H,6,20-23,25H2,1-5H3;10-14,21H,9,15-20H2,1-8H3;26*1H4. The van der Waals surface area contributed by atoms with Crippen molar-refractivity contribution < 1.29 is 47.7 Å². The second kappa shape index (κ2) is 82.9. The zero-order chi connectivity index (χ0) is 82.0. The van der Waals surface area contributed by atoms with Gasteiger partial charge in [0.1, 0.15) is 6.61 Å². The summed E-state index contributed by atoms with van der Waals surface area (Å²) < 4.78 is 27.1. The molecular weight excluding hydrogens is 1730 g/mol. The number of methoxy groups -OCH3 is 3. The molecule has 0 spiro atoms. The third-order valence-corrected chi connectivity index (χ3v) is 25.7. The normalized spacial score (nSPS) is 11.9. The van der Waals surface area contributed by atoms with Crippen LogP contribution in [0.5, 0.6) is 0 Å². The van der Waals surface area contributed by atoms with Crippen molar-refractivity contribution in [1.82, 2.24) is 0 Å². The van der Waals surface area contributed by atoms with Gasteiger partial charge in [-0.05, 0) is 276 Å². The van der Waals surface area contributed by atoms with Crippen LogP contribution in [-0.4, -0.2) is 65.5 Å². The molecule has 9 aromatic rings. The van der Waals surface area contributed by atoms with Gasteiger partial charge in [0, 0.05) is 5.56 Å². The van der Waals surface area contributed by atoms with Crippen LogP contribution in [0.15, 0.2) is 206 Å². The number of rotatable bonds is 39. The topological polar surface area (TPSA) is 132 Å². The Balaban J connectivity index is -0.0000000844. The van der Waals surface area contributed by atoms with Crippen LogP contribution >= 0.6 is 0 Å². The summed E-state index contributed by atoms with van der Waals surface area (Å²) in [5, 5.41) is 7.08. The average Bonchev–Trinajstić information content (AvgIpc) is 0.773. The highest BCUT2D eigenvalue weighted by Gasteiger charge is 2.41. The van der Waals surface area contributed by atoms with Gasteiger partial charge in [-0.2, -0.15) is 0 Å². The average molecular weight is 1970 g/mol. The fraction of sp³-hybridized carbons (Fsp3) is 0.586. The van der Waals surface area contributed by atoms with Crippen molar-refractivity contribution in [3.63, 3.8) is 0 Å². The highest BCUT2D eigenvalue weighted by molar-refractivity contribution is 6.76. The van der Waals surface area contributed by atoms with Gasteiger partial charge >= 0.3 is 29.8 Å². The van der Waals surface area contributed by atoms with Crippen LogP contribution < -0.4 is 0 Å². The molecule has 0 N–H and O–H groups in total. The lowest BCUT2D eigenvalue weighted by atomic mass is 9.73. The van der Waals surface area contributed by atoms with E-state index in [1.54, 1.807) is 0 Å². The van der Waals surface area contributed by atoms with Gasteiger partial charge in [0.05, 0.1) is 63.7 Å². The molecule has 0 aliphatic heterocycles. The summed E-state index contributed by atoms with van der Waals surface area (Å²) in [6.45, 7) is 29.5. The van der Waals surface area contributed by atoms with E-state index >= 15 is 0 Å². The first-order valence-corrected chi connectivity index (χ1v) is 45.8. The minimum atomic E-state index is -1.49. The molecule has 0 radical (unpaired) electrons. The van der Waals surface area contributed by atoms with E-state index in [0.717, 1.165) is 97.7 Å². The fourth-order valence-electron chi connectivity index (χ4n) is 16.4. The minimum absolute atomic E-state index is 0. The lowest BCUT2D eigenvalue weighted by Crippen LogP contribution is -2.37. The van der Waals surface area contributed by atoms with Gasteiger partial charge in [0.15, 0.2) is 0 Å². The van der Waals surface area contributed by atoms with Gasteiger partial charge in [-0.1, -0.05) is 448 Å². The van der Waals surface area contributed by atoms with Crippen molar-refractivity contribution in [2.24, 2.45) is 27.1 Å². The largest absolute Gasteiger partial charge is 0.469 e. The molecule has 10 rings (SSSR count). The number of ether oxygens (including phenoxy) is 5. The van der Waals surface area contributed by atoms with E-state index in [4.69, 9.17) is 23.7 Å². The van der Waals surface area contributed by atoms with Crippen LogP contribution in [0.2, 0.25) is 19.6 Å². The molecule has 0 saturated heterocycles. The van der Waals surface area contributed by atoms with E-state index in [0.29, 0.717) is 67.9 Å². The second-order valence-corrected chi connectivity index (χ2v) is 41.6. The molecule has 0 heterocycles. The number of carbonyl (C=O) groups is 5. The number of carbonyl (C=O) groups excluding carboxylic acids is 5. The molecule has 1 aliphatic rings. The van der Waals surface area contributed by atoms with E-state index in [1.807, 2.05) is 77.9 Å². The minimum Gasteiger partial charge on any atom is -0.469 e. The molecule has 0 saturated carbocycles. The molecule has 9 aromatic carbocycles. The Morgan fingerprint density at radius 3 is 0.993 bits per heavy atom. The Hall–Kier alpha value is -8.67. The van der Waals surface area contributed by atoms with Crippen LogP contribution in [0.4, 0.5) is 0 Å². The summed E-state index contributed by atoms with van der Waals surface area (Å²) in [5.41, 5.74) is 8.34. The highest BCUT2D eigenvalue weighted by atomic mass is 28.3. The van der Waals surface area contributed by atoms with E-state index in [1.165, 1.54) is 96.7 Å². The van der Waals surface area contributed by atoms with Crippen molar-refractivity contribution in [3.8, 4) is 0 Å². The summed E-state index contributed by atoms with van der Waals surface area (Å²) in [6, 6.07) is 73.8. The molecule has 0 bridgehead atoms. The second-order valence-electron chi connectivity index (χ2n) is 36.1. The van der Waals surface area contributed by atoms with Crippen LogP contribution in [0.3, 0.4) is 0 Å². The Kier molecular flexibility index (Phi) is 105. The molecule has 814 valence electrons. The van der Waals surface area contributed by atoms with Crippen molar-refractivity contribution in [1.29, 1.82) is 0 Å². The van der Waals surface area contributed by atoms with Gasteiger partial charge in [-0.15, -0.1) is 0 Å². The maximum atomic E-state index is 14.0. The summed E-state index contributed by atoms with van der Waals surface area (Å²) in [7, 11) is 2.85. The molecule has 11 heteroatoms. The Labute approximate surface area is 871 Å². The van der Waals surface area contributed by atoms with Gasteiger partial charge in [0.25, 0.3) is 0 Å². The maximum absolute atomic E-state index is 14.0. The molecule has 139 heavy (non-hydrogen) atoms. The van der Waals surface area contributed by atoms with Crippen molar-refractivity contribution in [2.45, 2.75) is 454 Å². The maximum Gasteiger partial charge on any atom is 0.312 e. The SMILES string of the molecule is C.C.C.C.C.C.C.C.C.C.C.C.C.C.C.C.C.C.C.C.C.C.C.C.C.C.CCC(CCC(C)(CCC(C)(C)C(=O)OC)C(=O)OCc1c2ccccc2cc2ccccc12)c1ccccc1.CCC(CCC(C)(CCC(C)(C)CC(=O)OC)C(=O)OC[Si](C)(C)C)c1ccccc1.CCC(CCC(CCC(CCC(C)(C)C(=O)OC)c1ccc2c(c1)CC2)c1ccc2ccccc2c1)c1ccccc1. The first-order chi connectivity index (χ1) is 53.9. The summed E-state index contributed by atoms with van der Waals surface area (Å²) in [5.74, 6) is 1.40. The zero-order valence-corrected chi connectivity index (χ0v) is 72.7. The molecule has 0 amide bonds. The van der Waals surface area contributed by atoms with Crippen LogP contribution in [0, 0.1) is 27.1 Å². The van der Waals surface area contributed by atoms with Crippen LogP contribution in [0.1, 0.15) is 459 Å². The first-order valence-electron chi connectivity index (χ1n) is 42.1. The zero-order valence-electron chi connectivity index (χ0n) is 71.7. The highest BCUT2D eigenvalue weighted by Crippen LogP contribution is 2.45. The van der Waals surface area contributed by atoms with Crippen LogP contribution in [-0.2, 0) is 67.1 Å². The predicted octanol–water partition coefficient (Wildman–Crippen LogP) is 42.8. The smallest absolute Gasteiger partial charge is 0.312 e. The number of hydrogen-bond acceptors (Lipinski definition) is 10. The van der Waals surface area contributed by atoms with Gasteiger partial charge in [-0.25, -0.2) is 0 Å². The third-order valence-electron chi connectivity index (χ3n) is 24.7. The number of aryl methyl sites for hydroxylation is 2. The quantitative estimate of drug-likeness (QED) is 0.0159. The van der Waals surface area contributed by atoms with Gasteiger partial charge in [-0.3, -0.25) is 24.0 Å². The molecule has 0 fully saturated rings. The van der Waals surface area contributed by atoms with Gasteiger partial charge in [0.2, 0.25) is 0 Å².